The van der Waals surface area contributed by atoms with Crippen LogP contribution in [0.5, 0.6) is 0 Å². The van der Waals surface area contributed by atoms with E-state index < -0.39 is 0 Å². The first-order chi connectivity index (χ1) is 14.6. The van der Waals surface area contributed by atoms with Gasteiger partial charge in [0.15, 0.2) is 0 Å². The van der Waals surface area contributed by atoms with Crippen LogP contribution in [0.25, 0.3) is 0 Å². The normalized spacial score (nSPS) is 19.4. The Bertz CT molecular complexity index is 723. The van der Waals surface area contributed by atoms with Crippen molar-refractivity contribution in [3.63, 3.8) is 0 Å². The Balaban J connectivity index is 1.38. The molecule has 0 spiro atoms. The highest BCUT2D eigenvalue weighted by atomic mass is 16.5. The number of ether oxygens (including phenoxy) is 2. The maximum atomic E-state index is 12.4. The first-order valence-corrected chi connectivity index (χ1v) is 10.7. The second-order valence-corrected chi connectivity index (χ2v) is 7.68. The molecule has 2 N–H and O–H groups in total. The van der Waals surface area contributed by atoms with Crippen molar-refractivity contribution >= 4 is 23.5 Å². The molecule has 8 nitrogen and oxygen atoms in total. The van der Waals surface area contributed by atoms with Crippen LogP contribution in [0.2, 0.25) is 0 Å². The van der Waals surface area contributed by atoms with Crippen molar-refractivity contribution in [3.8, 4) is 0 Å². The molecular weight excluding hydrogens is 386 g/mol. The summed E-state index contributed by atoms with van der Waals surface area (Å²) in [5, 5.41) is 6.00. The molecule has 2 amide bonds. The number of esters is 1. The van der Waals surface area contributed by atoms with E-state index in [0.29, 0.717) is 44.6 Å². The quantitative estimate of drug-likeness (QED) is 0.626. The standard InChI is InChI=1S/C22H31N3O5/c1-2-29-22(28)17-9-11-25(12-10-17)20(26)15-23-18-7-5-16(6-8-18)21(27)24-14-19-4-3-13-30-19/h5-8,17,19,23H,2-4,9-15H2,1H3,(H,24,27). The Hall–Kier alpha value is -2.61. The molecule has 0 aliphatic carbocycles. The van der Waals surface area contributed by atoms with Crippen LogP contribution in [0.15, 0.2) is 24.3 Å². The van der Waals surface area contributed by atoms with Gasteiger partial charge in [0.25, 0.3) is 5.91 Å². The van der Waals surface area contributed by atoms with Gasteiger partial charge in [0.1, 0.15) is 0 Å². The molecule has 0 aromatic heterocycles. The number of hydrogen-bond donors (Lipinski definition) is 2. The number of nitrogens with zero attached hydrogens (tertiary/aromatic N) is 1. The molecule has 1 aromatic rings. The Labute approximate surface area is 177 Å². The van der Waals surface area contributed by atoms with Gasteiger partial charge in [-0.1, -0.05) is 0 Å². The average molecular weight is 418 g/mol. The fraction of sp³-hybridized carbons (Fsp3) is 0.591. The number of nitrogens with one attached hydrogen (secondary N) is 2. The number of carbonyl (C=O) groups is 3. The molecular formula is C22H31N3O5. The van der Waals surface area contributed by atoms with E-state index in [0.717, 1.165) is 25.1 Å². The van der Waals surface area contributed by atoms with E-state index >= 15 is 0 Å². The van der Waals surface area contributed by atoms with Crippen molar-refractivity contribution in [3.05, 3.63) is 29.8 Å². The van der Waals surface area contributed by atoms with Crippen LogP contribution in [0, 0.1) is 5.92 Å². The van der Waals surface area contributed by atoms with Gasteiger partial charge in [0.2, 0.25) is 5.91 Å². The average Bonchev–Trinajstić information content (AvgIpc) is 3.30. The Morgan fingerprint density at radius 2 is 1.87 bits per heavy atom. The maximum Gasteiger partial charge on any atom is 0.309 e. The van der Waals surface area contributed by atoms with Gasteiger partial charge >= 0.3 is 5.97 Å². The summed E-state index contributed by atoms with van der Waals surface area (Å²) in [6, 6.07) is 7.06. The first-order valence-electron chi connectivity index (χ1n) is 10.7. The monoisotopic (exact) mass is 417 g/mol. The topological polar surface area (TPSA) is 97.0 Å². The Morgan fingerprint density at radius 1 is 1.13 bits per heavy atom. The second-order valence-electron chi connectivity index (χ2n) is 7.68. The van der Waals surface area contributed by atoms with Gasteiger partial charge in [-0.3, -0.25) is 14.4 Å². The lowest BCUT2D eigenvalue weighted by Crippen LogP contribution is -2.43. The molecule has 0 bridgehead atoms. The minimum absolute atomic E-state index is 0.00399. The van der Waals surface area contributed by atoms with E-state index in [2.05, 4.69) is 10.6 Å². The lowest BCUT2D eigenvalue weighted by molar-refractivity contribution is -0.151. The van der Waals surface area contributed by atoms with Crippen molar-refractivity contribution in [1.29, 1.82) is 0 Å². The zero-order chi connectivity index (χ0) is 21.3. The molecule has 2 aliphatic heterocycles. The summed E-state index contributed by atoms with van der Waals surface area (Å²) in [5.74, 6) is -0.406. The SMILES string of the molecule is CCOC(=O)C1CCN(C(=O)CNc2ccc(C(=O)NCC3CCCO3)cc2)CC1. The van der Waals surface area contributed by atoms with Crippen molar-refractivity contribution in [2.45, 2.75) is 38.7 Å². The van der Waals surface area contributed by atoms with Gasteiger partial charge in [-0.25, -0.2) is 0 Å². The molecule has 2 heterocycles. The van der Waals surface area contributed by atoms with E-state index in [4.69, 9.17) is 9.47 Å². The number of amides is 2. The van der Waals surface area contributed by atoms with E-state index in [-0.39, 0.29) is 36.4 Å². The van der Waals surface area contributed by atoms with Gasteiger partial charge in [-0.2, -0.15) is 0 Å². The predicted octanol–water partition coefficient (Wildman–Crippen LogP) is 1.81. The molecule has 2 saturated heterocycles. The van der Waals surface area contributed by atoms with Crippen LogP contribution < -0.4 is 10.6 Å². The number of benzene rings is 1. The largest absolute Gasteiger partial charge is 0.466 e. The maximum absolute atomic E-state index is 12.4. The van der Waals surface area contributed by atoms with E-state index in [9.17, 15) is 14.4 Å². The van der Waals surface area contributed by atoms with Crippen LogP contribution in [0.1, 0.15) is 43.0 Å². The van der Waals surface area contributed by atoms with Crippen molar-refractivity contribution in [2.24, 2.45) is 5.92 Å². The molecule has 2 fully saturated rings. The van der Waals surface area contributed by atoms with E-state index in [1.807, 2.05) is 0 Å². The minimum Gasteiger partial charge on any atom is -0.466 e. The molecule has 1 atom stereocenters. The van der Waals surface area contributed by atoms with Gasteiger partial charge in [0, 0.05) is 37.5 Å². The summed E-state index contributed by atoms with van der Waals surface area (Å²) >= 11 is 0. The molecule has 0 radical (unpaired) electrons. The first kappa shape index (κ1) is 22.1. The number of rotatable bonds is 8. The summed E-state index contributed by atoms with van der Waals surface area (Å²) in [6.45, 7) is 4.78. The van der Waals surface area contributed by atoms with Gasteiger partial charge < -0.3 is 25.0 Å². The van der Waals surface area contributed by atoms with E-state index in [1.165, 1.54) is 0 Å². The smallest absolute Gasteiger partial charge is 0.309 e. The zero-order valence-corrected chi connectivity index (χ0v) is 17.5. The number of carbonyl (C=O) groups excluding carboxylic acids is 3. The third-order valence-electron chi connectivity index (χ3n) is 5.57. The highest BCUT2D eigenvalue weighted by molar-refractivity contribution is 5.94. The molecule has 8 heteroatoms. The summed E-state index contributed by atoms with van der Waals surface area (Å²) in [5.41, 5.74) is 1.35. The molecule has 1 unspecified atom stereocenters. The van der Waals surface area contributed by atoms with Crippen LogP contribution in [-0.2, 0) is 19.1 Å². The summed E-state index contributed by atoms with van der Waals surface area (Å²) in [6.07, 6.45) is 3.42. The Morgan fingerprint density at radius 3 is 2.50 bits per heavy atom. The third kappa shape index (κ3) is 6.19. The van der Waals surface area contributed by atoms with Crippen molar-refractivity contribution in [1.82, 2.24) is 10.2 Å². The van der Waals surface area contributed by atoms with Gasteiger partial charge in [-0.05, 0) is 56.9 Å². The van der Waals surface area contributed by atoms with Gasteiger partial charge in [0.05, 0.1) is 25.2 Å². The fourth-order valence-corrected chi connectivity index (χ4v) is 3.77. The number of likely N-dealkylation sites (tertiary alicyclic amines) is 1. The lowest BCUT2D eigenvalue weighted by atomic mass is 9.97. The molecule has 1 aromatic carbocycles. The minimum atomic E-state index is -0.164. The summed E-state index contributed by atoms with van der Waals surface area (Å²) < 4.78 is 10.6. The van der Waals surface area contributed by atoms with Crippen LogP contribution in [-0.4, -0.2) is 68.2 Å². The molecule has 0 saturated carbocycles. The molecule has 2 aliphatic rings. The van der Waals surface area contributed by atoms with Crippen molar-refractivity contribution in [2.75, 3.05) is 44.7 Å². The van der Waals surface area contributed by atoms with Crippen LogP contribution in [0.3, 0.4) is 0 Å². The van der Waals surface area contributed by atoms with E-state index in [1.54, 1.807) is 36.1 Å². The van der Waals surface area contributed by atoms with Crippen LogP contribution >= 0.6 is 0 Å². The highest BCUT2D eigenvalue weighted by Crippen LogP contribution is 2.19. The molecule has 3 rings (SSSR count). The number of piperidine rings is 1. The highest BCUT2D eigenvalue weighted by Gasteiger charge is 2.28. The summed E-state index contributed by atoms with van der Waals surface area (Å²) in [4.78, 5) is 38.2. The number of anilines is 1. The Kier molecular flexibility index (Phi) is 8.07. The molecule has 164 valence electrons. The van der Waals surface area contributed by atoms with Crippen LogP contribution in [0.4, 0.5) is 5.69 Å². The second kappa shape index (κ2) is 11.0. The lowest BCUT2D eigenvalue weighted by Gasteiger charge is -2.31. The van der Waals surface area contributed by atoms with Crippen molar-refractivity contribution < 1.29 is 23.9 Å². The third-order valence-corrected chi connectivity index (χ3v) is 5.57. The predicted molar refractivity (Wildman–Crippen MR) is 112 cm³/mol. The van der Waals surface area contributed by atoms with Gasteiger partial charge in [-0.15, -0.1) is 0 Å². The number of hydrogen-bond acceptors (Lipinski definition) is 6. The fourth-order valence-electron chi connectivity index (χ4n) is 3.77. The summed E-state index contributed by atoms with van der Waals surface area (Å²) in [7, 11) is 0. The zero-order valence-electron chi connectivity index (χ0n) is 17.5. The molecule has 30 heavy (non-hydrogen) atoms.